The fourth-order valence-corrected chi connectivity index (χ4v) is 5.07. The Balaban J connectivity index is 1.47. The van der Waals surface area contributed by atoms with Crippen molar-refractivity contribution in [3.63, 3.8) is 0 Å². The molecule has 0 saturated carbocycles. The Morgan fingerprint density at radius 2 is 1.03 bits per heavy atom. The van der Waals surface area contributed by atoms with Gasteiger partial charge in [-0.1, -0.05) is 60.7 Å². The summed E-state index contributed by atoms with van der Waals surface area (Å²) in [7, 11) is 0. The molecule has 3 heterocycles. The van der Waals surface area contributed by atoms with Gasteiger partial charge in [-0.3, -0.25) is 4.98 Å². The summed E-state index contributed by atoms with van der Waals surface area (Å²) in [5, 5.41) is 0. The molecule has 2 aliphatic heterocycles. The van der Waals surface area contributed by atoms with Gasteiger partial charge in [0.25, 0.3) is 6.71 Å². The SMILES string of the molecule is c1ccc2c(c1)Oc1cc(-c3ccccc3-c3ccncc3)cc3c1B2c1ccccc1O3. The van der Waals surface area contributed by atoms with E-state index in [0.717, 1.165) is 50.7 Å². The van der Waals surface area contributed by atoms with Gasteiger partial charge in [-0.2, -0.15) is 0 Å². The van der Waals surface area contributed by atoms with Gasteiger partial charge in [0.2, 0.25) is 0 Å². The van der Waals surface area contributed by atoms with Crippen molar-refractivity contribution < 1.29 is 9.47 Å². The number of rotatable bonds is 2. The lowest BCUT2D eigenvalue weighted by molar-refractivity contribution is 0.465. The third kappa shape index (κ3) is 2.81. The van der Waals surface area contributed by atoms with E-state index in [1.54, 1.807) is 0 Å². The fraction of sp³-hybridized carbons (Fsp3) is 0. The van der Waals surface area contributed by atoms with Crippen LogP contribution in [0.25, 0.3) is 22.3 Å². The van der Waals surface area contributed by atoms with Crippen LogP contribution in [0.4, 0.5) is 0 Å². The van der Waals surface area contributed by atoms with Gasteiger partial charge in [-0.25, -0.2) is 0 Å². The first kappa shape index (κ1) is 18.3. The van der Waals surface area contributed by atoms with Gasteiger partial charge in [-0.15, -0.1) is 0 Å². The molecule has 154 valence electrons. The van der Waals surface area contributed by atoms with Crippen molar-refractivity contribution >= 4 is 23.1 Å². The van der Waals surface area contributed by atoms with E-state index in [0.29, 0.717) is 0 Å². The minimum absolute atomic E-state index is 0.0920. The number of para-hydroxylation sites is 2. The van der Waals surface area contributed by atoms with Crippen LogP contribution < -0.4 is 25.9 Å². The number of fused-ring (bicyclic) bond motifs is 4. The van der Waals surface area contributed by atoms with E-state index in [1.165, 1.54) is 10.9 Å². The van der Waals surface area contributed by atoms with Crippen LogP contribution in [0.1, 0.15) is 0 Å². The standard InChI is InChI=1S/C29H18BNO2/c1-2-8-22(21(7-1)19-13-15-31-16-14-19)20-17-27-29-28(18-20)33-26-12-6-4-10-24(26)30(29)23-9-3-5-11-25(23)32-27/h1-18H. The third-order valence-corrected chi connectivity index (χ3v) is 6.52. The molecule has 3 nitrogen and oxygen atoms in total. The number of hydrogen-bond donors (Lipinski definition) is 0. The first-order valence-electron chi connectivity index (χ1n) is 11.1. The van der Waals surface area contributed by atoms with Gasteiger partial charge in [0.05, 0.1) is 0 Å². The molecule has 0 fully saturated rings. The molecule has 0 atom stereocenters. The van der Waals surface area contributed by atoms with Crippen LogP contribution in [-0.4, -0.2) is 11.7 Å². The molecule has 0 saturated heterocycles. The first-order valence-corrected chi connectivity index (χ1v) is 11.1. The number of hydrogen-bond acceptors (Lipinski definition) is 3. The maximum absolute atomic E-state index is 6.46. The van der Waals surface area contributed by atoms with Crippen LogP contribution in [0.2, 0.25) is 0 Å². The van der Waals surface area contributed by atoms with Gasteiger partial charge in [0, 0.05) is 17.9 Å². The van der Waals surface area contributed by atoms with Crippen LogP contribution in [0.3, 0.4) is 0 Å². The molecule has 0 amide bonds. The molecule has 2 aliphatic rings. The van der Waals surface area contributed by atoms with E-state index >= 15 is 0 Å². The highest BCUT2D eigenvalue weighted by molar-refractivity contribution is 6.98. The summed E-state index contributed by atoms with van der Waals surface area (Å²) in [5.41, 5.74) is 7.91. The highest BCUT2D eigenvalue weighted by Crippen LogP contribution is 2.40. The van der Waals surface area contributed by atoms with E-state index in [1.807, 2.05) is 48.8 Å². The molecular weight excluding hydrogens is 405 g/mol. The minimum atomic E-state index is 0.0920. The Kier molecular flexibility index (Phi) is 3.94. The first-order chi connectivity index (χ1) is 16.4. The Hall–Kier alpha value is -4.31. The molecule has 4 heteroatoms. The van der Waals surface area contributed by atoms with Crippen LogP contribution in [-0.2, 0) is 0 Å². The second-order valence-electron chi connectivity index (χ2n) is 8.38. The highest BCUT2D eigenvalue weighted by Gasteiger charge is 2.40. The summed E-state index contributed by atoms with van der Waals surface area (Å²) >= 11 is 0. The smallest absolute Gasteiger partial charge is 0.260 e. The summed E-state index contributed by atoms with van der Waals surface area (Å²) in [4.78, 5) is 4.18. The van der Waals surface area contributed by atoms with Crippen molar-refractivity contribution in [3.8, 4) is 45.3 Å². The second kappa shape index (κ2) is 7.11. The van der Waals surface area contributed by atoms with Crippen LogP contribution in [0.5, 0.6) is 23.0 Å². The zero-order chi connectivity index (χ0) is 21.8. The predicted molar refractivity (Wildman–Crippen MR) is 133 cm³/mol. The monoisotopic (exact) mass is 423 g/mol. The fourth-order valence-electron chi connectivity index (χ4n) is 5.07. The molecule has 33 heavy (non-hydrogen) atoms. The molecule has 7 rings (SSSR count). The maximum Gasteiger partial charge on any atom is 0.260 e. The molecule has 1 aromatic heterocycles. The molecule has 0 N–H and O–H groups in total. The van der Waals surface area contributed by atoms with Crippen LogP contribution in [0, 0.1) is 0 Å². The van der Waals surface area contributed by atoms with Crippen LogP contribution in [0.15, 0.2) is 109 Å². The zero-order valence-corrected chi connectivity index (χ0v) is 17.7. The lowest BCUT2D eigenvalue weighted by Crippen LogP contribution is -2.57. The van der Waals surface area contributed by atoms with Crippen molar-refractivity contribution in [1.82, 2.24) is 4.98 Å². The summed E-state index contributed by atoms with van der Waals surface area (Å²) in [5.74, 6) is 3.50. The van der Waals surface area contributed by atoms with Crippen LogP contribution >= 0.6 is 0 Å². The lowest BCUT2D eigenvalue weighted by atomic mass is 9.35. The largest absolute Gasteiger partial charge is 0.458 e. The Morgan fingerprint density at radius 3 is 1.64 bits per heavy atom. The third-order valence-electron chi connectivity index (χ3n) is 6.52. The van der Waals surface area contributed by atoms with Crippen molar-refractivity contribution in [2.24, 2.45) is 0 Å². The summed E-state index contributed by atoms with van der Waals surface area (Å²) < 4.78 is 12.9. The van der Waals surface area contributed by atoms with E-state index in [2.05, 4.69) is 65.6 Å². The lowest BCUT2D eigenvalue weighted by Gasteiger charge is -2.33. The highest BCUT2D eigenvalue weighted by atomic mass is 16.5. The van der Waals surface area contributed by atoms with E-state index in [4.69, 9.17) is 9.47 Å². The van der Waals surface area contributed by atoms with Crippen molar-refractivity contribution in [3.05, 3.63) is 109 Å². The second-order valence-corrected chi connectivity index (χ2v) is 8.38. The number of ether oxygens (including phenoxy) is 2. The van der Waals surface area contributed by atoms with Gasteiger partial charge in [0.1, 0.15) is 23.0 Å². The molecule has 0 aliphatic carbocycles. The van der Waals surface area contributed by atoms with Crippen molar-refractivity contribution in [2.75, 3.05) is 0 Å². The quantitative estimate of drug-likeness (QED) is 0.361. The number of aromatic nitrogens is 1. The molecule has 4 aromatic carbocycles. The Morgan fingerprint density at radius 1 is 0.515 bits per heavy atom. The van der Waals surface area contributed by atoms with E-state index in [-0.39, 0.29) is 6.71 Å². The predicted octanol–water partition coefficient (Wildman–Crippen LogP) is 5.14. The molecule has 0 bridgehead atoms. The normalized spacial score (nSPS) is 12.7. The summed E-state index contributed by atoms with van der Waals surface area (Å²) in [6.45, 7) is 0.0920. The Bertz CT molecular complexity index is 1460. The molecule has 0 unspecified atom stereocenters. The molecule has 5 aromatic rings. The topological polar surface area (TPSA) is 31.4 Å². The van der Waals surface area contributed by atoms with Crippen molar-refractivity contribution in [2.45, 2.75) is 0 Å². The van der Waals surface area contributed by atoms with Gasteiger partial charge < -0.3 is 9.47 Å². The number of benzene rings is 4. The number of pyridine rings is 1. The Labute approximate surface area is 192 Å². The molecular formula is C29H18BNO2. The van der Waals surface area contributed by atoms with Gasteiger partial charge in [0.15, 0.2) is 0 Å². The maximum atomic E-state index is 6.46. The average molecular weight is 423 g/mol. The number of nitrogens with zero attached hydrogens (tertiary/aromatic N) is 1. The summed E-state index contributed by atoms with van der Waals surface area (Å²) in [6, 6.07) is 33.4. The zero-order valence-electron chi connectivity index (χ0n) is 17.7. The van der Waals surface area contributed by atoms with E-state index < -0.39 is 0 Å². The average Bonchev–Trinajstić information content (AvgIpc) is 2.89. The van der Waals surface area contributed by atoms with E-state index in [9.17, 15) is 0 Å². The molecule has 0 radical (unpaired) electrons. The molecule has 0 spiro atoms. The van der Waals surface area contributed by atoms with Gasteiger partial charge in [-0.05, 0) is 69.6 Å². The minimum Gasteiger partial charge on any atom is -0.458 e. The van der Waals surface area contributed by atoms with Crippen molar-refractivity contribution in [1.29, 1.82) is 0 Å². The van der Waals surface area contributed by atoms with Gasteiger partial charge >= 0.3 is 0 Å². The summed E-state index contributed by atoms with van der Waals surface area (Å²) in [6.07, 6.45) is 3.65.